The standard InChI is InChI=1S/C18H15ClFN3OS/c1-12-17(24)23(11-14-4-8-16(20)9-5-14)18(25-12)22-21-10-13-2-6-15(19)7-3-13/h2-10,12H,11H2,1H3/b21-10-,22-18+/t12-/m0/s1. The van der Waals surface area contributed by atoms with Gasteiger partial charge in [-0.2, -0.15) is 5.10 Å². The summed E-state index contributed by atoms with van der Waals surface area (Å²) >= 11 is 7.20. The molecule has 1 heterocycles. The number of rotatable bonds is 4. The zero-order chi connectivity index (χ0) is 17.8. The molecular formula is C18H15ClFN3OS. The summed E-state index contributed by atoms with van der Waals surface area (Å²) in [4.78, 5) is 13.9. The van der Waals surface area contributed by atoms with E-state index in [4.69, 9.17) is 11.6 Å². The molecule has 0 aliphatic carbocycles. The lowest BCUT2D eigenvalue weighted by molar-refractivity contribution is -0.126. The molecule has 0 saturated carbocycles. The summed E-state index contributed by atoms with van der Waals surface area (Å²) in [6.45, 7) is 2.17. The molecule has 0 unspecified atom stereocenters. The van der Waals surface area contributed by atoms with Crippen LogP contribution in [0.5, 0.6) is 0 Å². The summed E-state index contributed by atoms with van der Waals surface area (Å²) < 4.78 is 13.0. The van der Waals surface area contributed by atoms with Crippen LogP contribution < -0.4 is 0 Å². The predicted octanol–water partition coefficient (Wildman–Crippen LogP) is 4.33. The third-order valence-corrected chi connectivity index (χ3v) is 4.92. The molecule has 2 aromatic carbocycles. The number of thioether (sulfide) groups is 1. The third-order valence-electron chi connectivity index (χ3n) is 3.60. The molecule has 1 aliphatic heterocycles. The highest BCUT2D eigenvalue weighted by Crippen LogP contribution is 2.28. The van der Waals surface area contributed by atoms with Crippen molar-refractivity contribution in [1.29, 1.82) is 0 Å². The van der Waals surface area contributed by atoms with Gasteiger partial charge < -0.3 is 0 Å². The number of benzene rings is 2. The van der Waals surface area contributed by atoms with Gasteiger partial charge in [-0.3, -0.25) is 9.69 Å². The SMILES string of the molecule is C[C@@H]1S/C(=N/N=C\c2ccc(Cl)cc2)N(Cc2ccc(F)cc2)C1=O. The number of amidine groups is 1. The van der Waals surface area contributed by atoms with Gasteiger partial charge in [-0.05, 0) is 42.3 Å². The summed E-state index contributed by atoms with van der Waals surface area (Å²) in [7, 11) is 0. The Labute approximate surface area is 154 Å². The second-order valence-electron chi connectivity index (χ2n) is 5.49. The van der Waals surface area contributed by atoms with Crippen LogP contribution in [0.4, 0.5) is 4.39 Å². The van der Waals surface area contributed by atoms with Crippen LogP contribution in [0, 0.1) is 5.82 Å². The first-order valence-electron chi connectivity index (χ1n) is 7.62. The number of nitrogens with zero attached hydrogens (tertiary/aromatic N) is 3. The van der Waals surface area contributed by atoms with Gasteiger partial charge in [-0.1, -0.05) is 47.6 Å². The highest BCUT2D eigenvalue weighted by molar-refractivity contribution is 8.15. The minimum Gasteiger partial charge on any atom is -0.284 e. The van der Waals surface area contributed by atoms with Crippen LogP contribution in [0.3, 0.4) is 0 Å². The van der Waals surface area contributed by atoms with Gasteiger partial charge in [-0.25, -0.2) is 4.39 Å². The summed E-state index contributed by atoms with van der Waals surface area (Å²) in [5.74, 6) is -0.338. The second-order valence-corrected chi connectivity index (χ2v) is 7.23. The van der Waals surface area contributed by atoms with Gasteiger partial charge in [-0.15, -0.1) is 5.10 Å². The molecule has 3 rings (SSSR count). The average Bonchev–Trinajstić information content (AvgIpc) is 2.86. The first-order valence-corrected chi connectivity index (χ1v) is 8.88. The molecule has 0 N–H and O–H groups in total. The van der Waals surface area contributed by atoms with E-state index >= 15 is 0 Å². The van der Waals surface area contributed by atoms with Crippen molar-refractivity contribution >= 4 is 40.7 Å². The largest absolute Gasteiger partial charge is 0.284 e. The van der Waals surface area contributed by atoms with Gasteiger partial charge in [0.2, 0.25) is 5.91 Å². The van der Waals surface area contributed by atoms with Crippen molar-refractivity contribution < 1.29 is 9.18 Å². The molecule has 1 fully saturated rings. The van der Waals surface area contributed by atoms with Gasteiger partial charge in [0.1, 0.15) is 5.82 Å². The van der Waals surface area contributed by atoms with E-state index in [1.165, 1.54) is 23.9 Å². The Morgan fingerprint density at radius 2 is 1.88 bits per heavy atom. The second kappa shape index (κ2) is 7.80. The van der Waals surface area contributed by atoms with E-state index < -0.39 is 0 Å². The highest BCUT2D eigenvalue weighted by Gasteiger charge is 2.35. The summed E-state index contributed by atoms with van der Waals surface area (Å²) in [5, 5.41) is 9.23. The van der Waals surface area contributed by atoms with Crippen molar-refractivity contribution in [3.05, 3.63) is 70.5 Å². The predicted molar refractivity (Wildman–Crippen MR) is 100 cm³/mol. The van der Waals surface area contributed by atoms with E-state index in [9.17, 15) is 9.18 Å². The summed E-state index contributed by atoms with van der Waals surface area (Å²) in [6.07, 6.45) is 1.60. The van der Waals surface area contributed by atoms with Crippen LogP contribution in [0.2, 0.25) is 5.02 Å². The monoisotopic (exact) mass is 375 g/mol. The van der Waals surface area contributed by atoms with Crippen LogP contribution in [-0.2, 0) is 11.3 Å². The number of carbonyl (C=O) groups is 1. The zero-order valence-electron chi connectivity index (χ0n) is 13.4. The average molecular weight is 376 g/mol. The van der Waals surface area contributed by atoms with E-state index in [1.54, 1.807) is 35.4 Å². The van der Waals surface area contributed by atoms with E-state index in [0.717, 1.165) is 11.1 Å². The molecule has 1 amide bonds. The van der Waals surface area contributed by atoms with Crippen LogP contribution >= 0.6 is 23.4 Å². The molecule has 0 bridgehead atoms. The molecule has 2 aromatic rings. The van der Waals surface area contributed by atoms with E-state index in [1.807, 2.05) is 19.1 Å². The molecule has 0 radical (unpaired) electrons. The van der Waals surface area contributed by atoms with E-state index in [2.05, 4.69) is 10.2 Å². The van der Waals surface area contributed by atoms with Crippen LogP contribution in [-0.4, -0.2) is 27.4 Å². The smallest absolute Gasteiger partial charge is 0.242 e. The van der Waals surface area contributed by atoms with Gasteiger partial charge in [0, 0.05) is 5.02 Å². The molecular weight excluding hydrogens is 361 g/mol. The number of carbonyl (C=O) groups excluding carboxylic acids is 1. The summed E-state index contributed by atoms with van der Waals surface area (Å²) in [5.41, 5.74) is 1.69. The maximum atomic E-state index is 13.0. The fourth-order valence-corrected chi connectivity index (χ4v) is 3.32. The Morgan fingerprint density at radius 1 is 1.20 bits per heavy atom. The topological polar surface area (TPSA) is 45.0 Å². The molecule has 4 nitrogen and oxygen atoms in total. The molecule has 128 valence electrons. The number of hydrogen-bond donors (Lipinski definition) is 0. The van der Waals surface area contributed by atoms with Crippen molar-refractivity contribution in [1.82, 2.24) is 4.90 Å². The number of hydrogen-bond acceptors (Lipinski definition) is 4. The molecule has 25 heavy (non-hydrogen) atoms. The van der Waals surface area contributed by atoms with Gasteiger partial charge in [0.15, 0.2) is 5.17 Å². The fourth-order valence-electron chi connectivity index (χ4n) is 2.28. The van der Waals surface area contributed by atoms with Crippen molar-refractivity contribution in [3.63, 3.8) is 0 Å². The van der Waals surface area contributed by atoms with Gasteiger partial charge in [0.25, 0.3) is 0 Å². The van der Waals surface area contributed by atoms with E-state index in [-0.39, 0.29) is 17.0 Å². The fraction of sp³-hybridized carbons (Fsp3) is 0.167. The normalized spacial score (nSPS) is 19.3. The lowest BCUT2D eigenvalue weighted by Crippen LogP contribution is -2.30. The van der Waals surface area contributed by atoms with Gasteiger partial charge in [0.05, 0.1) is 18.0 Å². The number of amides is 1. The minimum atomic E-state index is -0.305. The Morgan fingerprint density at radius 3 is 2.56 bits per heavy atom. The third kappa shape index (κ3) is 4.46. The molecule has 1 atom stereocenters. The molecule has 0 spiro atoms. The lowest BCUT2D eigenvalue weighted by atomic mass is 10.2. The van der Waals surface area contributed by atoms with Gasteiger partial charge >= 0.3 is 0 Å². The molecule has 0 aromatic heterocycles. The Balaban J connectivity index is 1.76. The molecule has 1 saturated heterocycles. The molecule has 7 heteroatoms. The lowest BCUT2D eigenvalue weighted by Gasteiger charge is -2.15. The van der Waals surface area contributed by atoms with Crippen molar-refractivity contribution in [3.8, 4) is 0 Å². The van der Waals surface area contributed by atoms with Crippen LogP contribution in [0.25, 0.3) is 0 Å². The Kier molecular flexibility index (Phi) is 5.50. The molecule has 1 aliphatic rings. The Bertz CT molecular complexity index is 821. The van der Waals surface area contributed by atoms with Crippen molar-refractivity contribution in [2.45, 2.75) is 18.7 Å². The van der Waals surface area contributed by atoms with Crippen molar-refractivity contribution in [2.24, 2.45) is 10.2 Å². The van der Waals surface area contributed by atoms with Crippen molar-refractivity contribution in [2.75, 3.05) is 0 Å². The number of halogens is 2. The Hall–Kier alpha value is -2.18. The maximum absolute atomic E-state index is 13.0. The van der Waals surface area contributed by atoms with Crippen LogP contribution in [0.15, 0.2) is 58.7 Å². The van der Waals surface area contributed by atoms with E-state index in [0.29, 0.717) is 16.7 Å². The first kappa shape index (κ1) is 17.6. The van der Waals surface area contributed by atoms with Crippen LogP contribution in [0.1, 0.15) is 18.1 Å². The first-order chi connectivity index (χ1) is 12.0. The summed E-state index contributed by atoms with van der Waals surface area (Å²) in [6, 6.07) is 13.3. The zero-order valence-corrected chi connectivity index (χ0v) is 15.0. The minimum absolute atomic E-state index is 0.0326. The highest BCUT2D eigenvalue weighted by atomic mass is 35.5. The quantitative estimate of drug-likeness (QED) is 0.589. The maximum Gasteiger partial charge on any atom is 0.242 e.